The summed E-state index contributed by atoms with van der Waals surface area (Å²) in [7, 11) is 0. The lowest BCUT2D eigenvalue weighted by atomic mass is 10.2. The lowest BCUT2D eigenvalue weighted by molar-refractivity contribution is -0.147. The van der Waals surface area contributed by atoms with E-state index in [0.717, 1.165) is 0 Å². The van der Waals surface area contributed by atoms with E-state index in [1.807, 2.05) is 0 Å². The van der Waals surface area contributed by atoms with Gasteiger partial charge in [0.1, 0.15) is 13.0 Å². The van der Waals surface area contributed by atoms with Gasteiger partial charge in [0.05, 0.1) is 18.5 Å². The predicted molar refractivity (Wildman–Crippen MR) is 49.0 cm³/mol. The van der Waals surface area contributed by atoms with Gasteiger partial charge in [0, 0.05) is 0 Å². The van der Waals surface area contributed by atoms with Gasteiger partial charge in [0.2, 0.25) is 5.91 Å². The minimum Gasteiger partial charge on any atom is -0.464 e. The van der Waals surface area contributed by atoms with Crippen molar-refractivity contribution in [2.24, 2.45) is 5.92 Å². The first-order valence-corrected chi connectivity index (χ1v) is 4.38. The molecule has 0 radical (unpaired) electrons. The molecule has 0 aliphatic rings. The van der Waals surface area contributed by atoms with Crippen LogP contribution in [0.2, 0.25) is 0 Å². The third kappa shape index (κ3) is 6.00. The number of hydrogen-bond donors (Lipinski definition) is 1. The lowest BCUT2D eigenvalue weighted by Crippen LogP contribution is -2.28. The van der Waals surface area contributed by atoms with Crippen LogP contribution in [-0.4, -0.2) is 25.0 Å². The van der Waals surface area contributed by atoms with E-state index in [4.69, 9.17) is 10.00 Å². The predicted octanol–water partition coefficient (Wildman–Crippen LogP) is 0.215. The second kappa shape index (κ2) is 6.89. The molecule has 0 fully saturated rings. The maximum absolute atomic E-state index is 10.9. The molecule has 0 rings (SSSR count). The minimum atomic E-state index is -0.354. The molecule has 0 aromatic rings. The van der Waals surface area contributed by atoms with E-state index < -0.39 is 0 Å². The maximum atomic E-state index is 10.9. The van der Waals surface area contributed by atoms with E-state index in [0.29, 0.717) is 0 Å². The van der Waals surface area contributed by atoms with Crippen LogP contribution in [0.25, 0.3) is 0 Å². The minimum absolute atomic E-state index is 0.147. The van der Waals surface area contributed by atoms with Crippen molar-refractivity contribution in [3.05, 3.63) is 0 Å². The van der Waals surface area contributed by atoms with E-state index >= 15 is 0 Å². The third-order valence-corrected chi connectivity index (χ3v) is 1.38. The van der Waals surface area contributed by atoms with Gasteiger partial charge in [-0.05, 0) is 0 Å². The molecule has 0 aromatic heterocycles. The van der Waals surface area contributed by atoms with Crippen molar-refractivity contribution < 1.29 is 14.3 Å². The zero-order valence-corrected chi connectivity index (χ0v) is 8.37. The Hall–Kier alpha value is -1.57. The summed E-state index contributed by atoms with van der Waals surface area (Å²) in [6.07, 6.45) is -0.169. The van der Waals surface area contributed by atoms with Crippen molar-refractivity contribution in [3.63, 3.8) is 0 Å². The van der Waals surface area contributed by atoms with Crippen LogP contribution in [0.5, 0.6) is 0 Å². The number of nitriles is 1. The number of carbonyl (C=O) groups is 2. The Kier molecular flexibility index (Phi) is 6.12. The highest BCUT2D eigenvalue weighted by Gasteiger charge is 2.07. The summed E-state index contributed by atoms with van der Waals surface area (Å²) < 4.78 is 4.80. The van der Waals surface area contributed by atoms with Gasteiger partial charge in [-0.2, -0.15) is 5.26 Å². The number of nitrogens with one attached hydrogen (secondary N) is 1. The molecule has 0 atom stereocenters. The second-order valence-electron chi connectivity index (χ2n) is 3.01. The molecule has 0 aliphatic carbocycles. The van der Waals surface area contributed by atoms with Gasteiger partial charge < -0.3 is 10.1 Å². The van der Waals surface area contributed by atoms with Crippen molar-refractivity contribution in [1.82, 2.24) is 5.32 Å². The molecule has 5 heteroatoms. The molecule has 0 bridgehead atoms. The zero-order valence-electron chi connectivity index (χ0n) is 8.37. The molecule has 0 saturated carbocycles. The molecule has 0 saturated heterocycles. The number of carbonyl (C=O) groups excluding carboxylic acids is 2. The largest absolute Gasteiger partial charge is 0.464 e. The molecule has 0 spiro atoms. The molecule has 14 heavy (non-hydrogen) atoms. The molecule has 0 heterocycles. The fourth-order valence-electron chi connectivity index (χ4n) is 0.643. The van der Waals surface area contributed by atoms with Crippen molar-refractivity contribution in [2.75, 3.05) is 13.2 Å². The van der Waals surface area contributed by atoms with Gasteiger partial charge in [0.25, 0.3) is 0 Å². The van der Waals surface area contributed by atoms with Crippen LogP contribution in [0.4, 0.5) is 0 Å². The Morgan fingerprint density at radius 3 is 2.64 bits per heavy atom. The molecule has 5 nitrogen and oxygen atoms in total. The van der Waals surface area contributed by atoms with Gasteiger partial charge in [-0.15, -0.1) is 0 Å². The summed E-state index contributed by atoms with van der Waals surface area (Å²) in [4.78, 5) is 21.7. The second-order valence-corrected chi connectivity index (χ2v) is 3.01. The topological polar surface area (TPSA) is 79.2 Å². The quantitative estimate of drug-likeness (QED) is 0.506. The number of rotatable bonds is 5. The monoisotopic (exact) mass is 198 g/mol. The fraction of sp³-hybridized carbons (Fsp3) is 0.667. The van der Waals surface area contributed by atoms with Crippen LogP contribution in [0, 0.1) is 17.2 Å². The van der Waals surface area contributed by atoms with Crippen molar-refractivity contribution in [1.29, 1.82) is 5.26 Å². The van der Waals surface area contributed by atoms with E-state index in [1.54, 1.807) is 19.9 Å². The van der Waals surface area contributed by atoms with Crippen LogP contribution in [-0.2, 0) is 14.3 Å². The Labute approximate surface area is 83.0 Å². The standard InChI is InChI=1S/C9H14N2O3/c1-7(2)9(13)14-6-5-11-8(12)3-4-10/h7H,3,5-6H2,1-2H3,(H,11,12). The Morgan fingerprint density at radius 1 is 1.50 bits per heavy atom. The summed E-state index contributed by atoms with van der Waals surface area (Å²) in [5.74, 6) is -0.808. The fourth-order valence-corrected chi connectivity index (χ4v) is 0.643. The molecular formula is C9H14N2O3. The smallest absolute Gasteiger partial charge is 0.308 e. The van der Waals surface area contributed by atoms with Crippen molar-refractivity contribution >= 4 is 11.9 Å². The molecule has 0 unspecified atom stereocenters. The molecule has 78 valence electrons. The SMILES string of the molecule is CC(C)C(=O)OCCNC(=O)CC#N. The average Bonchev–Trinajstić information content (AvgIpc) is 2.12. The highest BCUT2D eigenvalue weighted by Crippen LogP contribution is 1.94. The van der Waals surface area contributed by atoms with Crippen molar-refractivity contribution in [2.45, 2.75) is 20.3 Å². The number of esters is 1. The third-order valence-electron chi connectivity index (χ3n) is 1.38. The summed E-state index contributed by atoms with van der Waals surface area (Å²) in [6, 6.07) is 1.72. The first kappa shape index (κ1) is 12.4. The normalized spacial score (nSPS) is 9.29. The van der Waals surface area contributed by atoms with E-state index in [-0.39, 0.29) is 37.4 Å². The van der Waals surface area contributed by atoms with Gasteiger partial charge in [0.15, 0.2) is 0 Å². The van der Waals surface area contributed by atoms with Gasteiger partial charge in [-0.1, -0.05) is 13.8 Å². The summed E-state index contributed by atoms with van der Waals surface area (Å²) in [5, 5.41) is 10.6. The van der Waals surface area contributed by atoms with Gasteiger partial charge in [-0.3, -0.25) is 9.59 Å². The average molecular weight is 198 g/mol. The Bertz CT molecular complexity index is 243. The highest BCUT2D eigenvalue weighted by atomic mass is 16.5. The summed E-state index contributed by atoms with van der Waals surface area (Å²) in [5.41, 5.74) is 0. The summed E-state index contributed by atoms with van der Waals surface area (Å²) >= 11 is 0. The van der Waals surface area contributed by atoms with Crippen molar-refractivity contribution in [3.8, 4) is 6.07 Å². The van der Waals surface area contributed by atoms with Crippen LogP contribution in [0.1, 0.15) is 20.3 Å². The van der Waals surface area contributed by atoms with Crippen LogP contribution >= 0.6 is 0 Å². The highest BCUT2D eigenvalue weighted by molar-refractivity contribution is 5.78. The number of ether oxygens (including phenoxy) is 1. The molecule has 0 aliphatic heterocycles. The Morgan fingerprint density at radius 2 is 2.14 bits per heavy atom. The van der Waals surface area contributed by atoms with E-state index in [9.17, 15) is 9.59 Å². The van der Waals surface area contributed by atoms with Crippen LogP contribution < -0.4 is 5.32 Å². The van der Waals surface area contributed by atoms with E-state index in [2.05, 4.69) is 5.32 Å². The number of nitrogens with zero attached hydrogens (tertiary/aromatic N) is 1. The first-order valence-electron chi connectivity index (χ1n) is 4.38. The zero-order chi connectivity index (χ0) is 11.0. The molecule has 1 amide bonds. The summed E-state index contributed by atoms with van der Waals surface area (Å²) in [6.45, 7) is 3.86. The molecular weight excluding hydrogens is 184 g/mol. The Balaban J connectivity index is 3.43. The van der Waals surface area contributed by atoms with Crippen LogP contribution in [0.3, 0.4) is 0 Å². The van der Waals surface area contributed by atoms with Gasteiger partial charge >= 0.3 is 5.97 Å². The number of hydrogen-bond acceptors (Lipinski definition) is 4. The molecule has 1 N–H and O–H groups in total. The molecule has 0 aromatic carbocycles. The van der Waals surface area contributed by atoms with Gasteiger partial charge in [-0.25, -0.2) is 0 Å². The lowest BCUT2D eigenvalue weighted by Gasteiger charge is -2.07. The number of amides is 1. The van der Waals surface area contributed by atoms with E-state index in [1.165, 1.54) is 0 Å². The maximum Gasteiger partial charge on any atom is 0.308 e. The van der Waals surface area contributed by atoms with Crippen LogP contribution in [0.15, 0.2) is 0 Å². The first-order chi connectivity index (χ1) is 6.57.